The smallest absolute Gasteiger partial charge is 0.120 e. The van der Waals surface area contributed by atoms with Crippen LogP contribution in [0.2, 0.25) is 0 Å². The fraction of sp³-hybridized carbons (Fsp3) is 0.545. The number of allylic oxidation sites excluding steroid dienone is 1. The van der Waals surface area contributed by atoms with E-state index in [2.05, 4.69) is 25.4 Å². The summed E-state index contributed by atoms with van der Waals surface area (Å²) in [5.74, 6) is 1.47. The SMILES string of the molecule is C=C(/N=C\C=C/N)N(C)CCC(C)C.Cl. The lowest BCUT2D eigenvalue weighted by molar-refractivity contribution is 0.376. The van der Waals surface area contributed by atoms with Crippen molar-refractivity contribution in [2.75, 3.05) is 13.6 Å². The summed E-state index contributed by atoms with van der Waals surface area (Å²) in [6, 6.07) is 0. The first-order valence-electron chi connectivity index (χ1n) is 4.89. The van der Waals surface area contributed by atoms with Crippen molar-refractivity contribution >= 4 is 18.6 Å². The van der Waals surface area contributed by atoms with Crippen LogP contribution in [-0.2, 0) is 0 Å². The Bertz CT molecular complexity index is 222. The Hall–Kier alpha value is -0.960. The molecule has 88 valence electrons. The van der Waals surface area contributed by atoms with E-state index in [0.29, 0.717) is 5.92 Å². The van der Waals surface area contributed by atoms with Gasteiger partial charge >= 0.3 is 0 Å². The Labute approximate surface area is 99.2 Å². The summed E-state index contributed by atoms with van der Waals surface area (Å²) < 4.78 is 0. The van der Waals surface area contributed by atoms with Crippen molar-refractivity contribution in [1.82, 2.24) is 4.90 Å². The van der Waals surface area contributed by atoms with Gasteiger partial charge in [0.25, 0.3) is 0 Å². The second-order valence-electron chi connectivity index (χ2n) is 3.68. The van der Waals surface area contributed by atoms with Crippen LogP contribution in [0, 0.1) is 5.92 Å². The number of nitrogens with zero attached hydrogens (tertiary/aromatic N) is 2. The zero-order valence-corrected chi connectivity index (χ0v) is 10.6. The Morgan fingerprint density at radius 2 is 2.13 bits per heavy atom. The van der Waals surface area contributed by atoms with E-state index in [-0.39, 0.29) is 12.4 Å². The minimum atomic E-state index is 0. The van der Waals surface area contributed by atoms with Gasteiger partial charge in [0.2, 0.25) is 0 Å². The predicted molar refractivity (Wildman–Crippen MR) is 70.3 cm³/mol. The number of aliphatic imine (C=N–C) groups is 1. The number of rotatable bonds is 6. The van der Waals surface area contributed by atoms with Crippen LogP contribution in [0.3, 0.4) is 0 Å². The van der Waals surface area contributed by atoms with Crippen LogP contribution in [0.4, 0.5) is 0 Å². The molecule has 0 rings (SSSR count). The largest absolute Gasteiger partial charge is 0.405 e. The maximum absolute atomic E-state index is 5.17. The third kappa shape index (κ3) is 9.35. The van der Waals surface area contributed by atoms with E-state index < -0.39 is 0 Å². The van der Waals surface area contributed by atoms with Gasteiger partial charge in [-0.15, -0.1) is 12.4 Å². The van der Waals surface area contributed by atoms with Gasteiger partial charge in [0.15, 0.2) is 0 Å². The van der Waals surface area contributed by atoms with E-state index in [4.69, 9.17) is 5.73 Å². The normalized spacial score (nSPS) is 10.9. The second kappa shape index (κ2) is 9.59. The van der Waals surface area contributed by atoms with Crippen molar-refractivity contribution in [2.24, 2.45) is 16.6 Å². The molecule has 0 aliphatic heterocycles. The Kier molecular flexibility index (Phi) is 10.5. The highest BCUT2D eigenvalue weighted by atomic mass is 35.5. The molecule has 0 amide bonds. The number of hydrogen-bond donors (Lipinski definition) is 1. The van der Waals surface area contributed by atoms with E-state index >= 15 is 0 Å². The standard InChI is InChI=1S/C11H21N3.ClH/c1-10(2)6-9-14(4)11(3)13-8-5-7-12;/h5,7-8,10H,3,6,9,12H2,1-2,4H3;1H/b7-5-,13-8-;. The van der Waals surface area contributed by atoms with Crippen LogP contribution in [0.15, 0.2) is 29.7 Å². The van der Waals surface area contributed by atoms with Gasteiger partial charge in [-0.2, -0.15) is 0 Å². The Balaban J connectivity index is 0. The van der Waals surface area contributed by atoms with E-state index in [1.807, 2.05) is 11.9 Å². The average Bonchev–Trinajstić information content (AvgIpc) is 2.14. The van der Waals surface area contributed by atoms with E-state index in [1.165, 1.54) is 6.20 Å². The van der Waals surface area contributed by atoms with Crippen LogP contribution in [0.5, 0.6) is 0 Å². The maximum Gasteiger partial charge on any atom is 0.120 e. The summed E-state index contributed by atoms with van der Waals surface area (Å²) in [6.45, 7) is 9.25. The molecule has 0 fully saturated rings. The molecular weight excluding hydrogens is 210 g/mol. The molecule has 0 unspecified atom stereocenters. The molecule has 2 N–H and O–H groups in total. The zero-order valence-electron chi connectivity index (χ0n) is 9.81. The summed E-state index contributed by atoms with van der Waals surface area (Å²) in [7, 11) is 1.99. The molecule has 0 aliphatic carbocycles. The van der Waals surface area contributed by atoms with Gasteiger partial charge in [-0.05, 0) is 24.6 Å². The summed E-state index contributed by atoms with van der Waals surface area (Å²) in [5, 5.41) is 0. The molecule has 15 heavy (non-hydrogen) atoms. The van der Waals surface area contributed by atoms with Gasteiger partial charge in [0.1, 0.15) is 5.82 Å². The predicted octanol–water partition coefficient (Wildman–Crippen LogP) is 2.40. The third-order valence-electron chi connectivity index (χ3n) is 1.90. The summed E-state index contributed by atoms with van der Waals surface area (Å²) in [5.41, 5.74) is 5.17. The quantitative estimate of drug-likeness (QED) is 0.714. The van der Waals surface area contributed by atoms with Gasteiger partial charge in [0.05, 0.1) is 0 Å². The first-order valence-corrected chi connectivity index (χ1v) is 4.89. The summed E-state index contributed by atoms with van der Waals surface area (Å²) >= 11 is 0. The molecule has 0 spiro atoms. The van der Waals surface area contributed by atoms with Crippen LogP contribution >= 0.6 is 12.4 Å². The molecule has 4 heteroatoms. The third-order valence-corrected chi connectivity index (χ3v) is 1.90. The van der Waals surface area contributed by atoms with Gasteiger partial charge < -0.3 is 10.6 Å². The lowest BCUT2D eigenvalue weighted by Crippen LogP contribution is -2.18. The van der Waals surface area contributed by atoms with Gasteiger partial charge in [0, 0.05) is 19.8 Å². The Morgan fingerprint density at radius 1 is 1.53 bits per heavy atom. The molecule has 0 aromatic heterocycles. The first-order chi connectivity index (χ1) is 6.57. The van der Waals surface area contributed by atoms with E-state index in [9.17, 15) is 0 Å². The number of hydrogen-bond acceptors (Lipinski definition) is 3. The van der Waals surface area contributed by atoms with Crippen molar-refractivity contribution in [2.45, 2.75) is 20.3 Å². The van der Waals surface area contributed by atoms with Crippen molar-refractivity contribution in [3.05, 3.63) is 24.7 Å². The van der Waals surface area contributed by atoms with Crippen LogP contribution in [0.1, 0.15) is 20.3 Å². The van der Waals surface area contributed by atoms with E-state index in [1.54, 1.807) is 12.3 Å². The molecule has 0 aliphatic rings. The average molecular weight is 232 g/mol. The van der Waals surface area contributed by atoms with Crippen LogP contribution in [0.25, 0.3) is 0 Å². The fourth-order valence-electron chi connectivity index (χ4n) is 0.858. The van der Waals surface area contributed by atoms with Crippen molar-refractivity contribution in [1.29, 1.82) is 0 Å². The highest BCUT2D eigenvalue weighted by Gasteiger charge is 2.00. The molecule has 0 radical (unpaired) electrons. The molecular formula is C11H22ClN3. The van der Waals surface area contributed by atoms with Crippen LogP contribution in [-0.4, -0.2) is 24.7 Å². The first kappa shape index (κ1) is 16.5. The van der Waals surface area contributed by atoms with E-state index in [0.717, 1.165) is 18.8 Å². The topological polar surface area (TPSA) is 41.6 Å². The summed E-state index contributed by atoms with van der Waals surface area (Å²) in [6.07, 6.45) is 5.93. The van der Waals surface area contributed by atoms with Crippen molar-refractivity contribution in [3.63, 3.8) is 0 Å². The molecule has 0 saturated carbocycles. The molecule has 0 saturated heterocycles. The minimum Gasteiger partial charge on any atom is -0.405 e. The lowest BCUT2D eigenvalue weighted by Gasteiger charge is -2.19. The van der Waals surface area contributed by atoms with Crippen LogP contribution < -0.4 is 5.73 Å². The molecule has 0 aromatic rings. The fourth-order valence-corrected chi connectivity index (χ4v) is 0.858. The molecule has 0 atom stereocenters. The second-order valence-corrected chi connectivity index (χ2v) is 3.68. The van der Waals surface area contributed by atoms with Gasteiger partial charge in [-0.25, -0.2) is 4.99 Å². The van der Waals surface area contributed by atoms with Crippen molar-refractivity contribution < 1.29 is 0 Å². The minimum absolute atomic E-state index is 0. The lowest BCUT2D eigenvalue weighted by atomic mass is 10.1. The molecule has 0 aromatic carbocycles. The number of halogens is 1. The maximum atomic E-state index is 5.17. The molecule has 0 bridgehead atoms. The summed E-state index contributed by atoms with van der Waals surface area (Å²) in [4.78, 5) is 6.17. The zero-order chi connectivity index (χ0) is 11.0. The molecule has 0 heterocycles. The van der Waals surface area contributed by atoms with Gasteiger partial charge in [-0.1, -0.05) is 20.4 Å². The van der Waals surface area contributed by atoms with Crippen molar-refractivity contribution in [3.8, 4) is 0 Å². The molecule has 3 nitrogen and oxygen atoms in total. The highest BCUT2D eigenvalue weighted by molar-refractivity contribution is 5.85. The van der Waals surface area contributed by atoms with Gasteiger partial charge in [-0.3, -0.25) is 0 Å². The highest BCUT2D eigenvalue weighted by Crippen LogP contribution is 2.05. The monoisotopic (exact) mass is 231 g/mol. The number of nitrogens with two attached hydrogens (primary N) is 1. The Morgan fingerprint density at radius 3 is 2.60 bits per heavy atom.